The molecule has 7 heteroatoms. The summed E-state index contributed by atoms with van der Waals surface area (Å²) in [6.07, 6.45) is 6.36. The van der Waals surface area contributed by atoms with Crippen molar-refractivity contribution < 1.29 is 0 Å². The number of aryl methyl sites for hydroxylation is 2. The van der Waals surface area contributed by atoms with Gasteiger partial charge in [0.1, 0.15) is 17.5 Å². The molecule has 0 aromatic carbocycles. The first-order valence-electron chi connectivity index (χ1n) is 8.75. The van der Waals surface area contributed by atoms with E-state index in [4.69, 9.17) is 0 Å². The lowest BCUT2D eigenvalue weighted by Gasteiger charge is -2.16. The van der Waals surface area contributed by atoms with Crippen molar-refractivity contribution in [3.8, 4) is 0 Å². The predicted molar refractivity (Wildman–Crippen MR) is 101 cm³/mol. The highest BCUT2D eigenvalue weighted by Gasteiger charge is 2.27. The van der Waals surface area contributed by atoms with Crippen molar-refractivity contribution in [2.24, 2.45) is 0 Å². The molecule has 0 aliphatic carbocycles. The third kappa shape index (κ3) is 3.46. The minimum Gasteiger partial charge on any atom is -0.340 e. The van der Waals surface area contributed by atoms with Gasteiger partial charge in [0.05, 0.1) is 5.69 Å². The van der Waals surface area contributed by atoms with Crippen molar-refractivity contribution in [1.29, 1.82) is 0 Å². The van der Waals surface area contributed by atoms with E-state index < -0.39 is 0 Å². The molecule has 1 fully saturated rings. The Hall–Kier alpha value is -3.09. The number of aromatic nitrogens is 5. The average Bonchev–Trinajstić information content (AvgIpc) is 3.14. The molecule has 4 heterocycles. The highest BCUT2D eigenvalue weighted by atomic mass is 15.3. The van der Waals surface area contributed by atoms with E-state index in [0.717, 1.165) is 54.2 Å². The molecule has 0 bridgehead atoms. The third-order valence-electron chi connectivity index (χ3n) is 4.56. The molecule has 3 aromatic rings. The van der Waals surface area contributed by atoms with Crippen LogP contribution in [0, 0.1) is 13.8 Å². The lowest BCUT2D eigenvalue weighted by atomic mass is 10.0. The molecule has 4 rings (SSSR count). The second-order valence-corrected chi connectivity index (χ2v) is 6.50. The Morgan fingerprint density at radius 2 is 1.85 bits per heavy atom. The summed E-state index contributed by atoms with van der Waals surface area (Å²) >= 11 is 0. The van der Waals surface area contributed by atoms with E-state index in [-0.39, 0.29) is 0 Å². The number of pyridine rings is 1. The van der Waals surface area contributed by atoms with E-state index in [9.17, 15) is 0 Å². The molecular weight excluding hydrogens is 326 g/mol. The van der Waals surface area contributed by atoms with E-state index in [0.29, 0.717) is 5.92 Å². The van der Waals surface area contributed by atoms with Gasteiger partial charge in [0.15, 0.2) is 0 Å². The Morgan fingerprint density at radius 3 is 2.65 bits per heavy atom. The summed E-state index contributed by atoms with van der Waals surface area (Å²) in [6, 6.07) is 7.82. The molecule has 1 saturated heterocycles. The maximum absolute atomic E-state index is 4.67. The summed E-state index contributed by atoms with van der Waals surface area (Å²) in [5.41, 5.74) is 2.13. The summed E-state index contributed by atoms with van der Waals surface area (Å²) in [6.45, 7) is 5.74. The molecular formula is C19H21N7. The molecule has 0 unspecified atom stereocenters. The van der Waals surface area contributed by atoms with Gasteiger partial charge in [-0.05, 0) is 38.0 Å². The molecule has 1 aliphatic heterocycles. The minimum atomic E-state index is 0.339. The first kappa shape index (κ1) is 16.4. The fourth-order valence-electron chi connectivity index (χ4n) is 3.24. The van der Waals surface area contributed by atoms with Gasteiger partial charge in [0.2, 0.25) is 5.95 Å². The van der Waals surface area contributed by atoms with Crippen LogP contribution in [0.2, 0.25) is 0 Å². The van der Waals surface area contributed by atoms with E-state index in [1.54, 1.807) is 18.6 Å². The Kier molecular flexibility index (Phi) is 4.43. The average molecular weight is 347 g/mol. The first-order valence-corrected chi connectivity index (χ1v) is 8.75. The third-order valence-corrected chi connectivity index (χ3v) is 4.56. The number of hydrogen-bond donors (Lipinski definition) is 1. The van der Waals surface area contributed by atoms with Gasteiger partial charge >= 0.3 is 0 Å². The van der Waals surface area contributed by atoms with Crippen LogP contribution in [0.4, 0.5) is 17.6 Å². The smallest absolute Gasteiger partial charge is 0.225 e. The molecule has 7 nitrogen and oxygen atoms in total. The summed E-state index contributed by atoms with van der Waals surface area (Å²) in [5, 5.41) is 3.32. The Morgan fingerprint density at radius 1 is 1.04 bits per heavy atom. The molecule has 1 aliphatic rings. The normalized spacial score (nSPS) is 16.7. The molecule has 1 N–H and O–H groups in total. The quantitative estimate of drug-likeness (QED) is 0.777. The van der Waals surface area contributed by atoms with Gasteiger partial charge in [-0.25, -0.2) is 24.9 Å². The van der Waals surface area contributed by atoms with Crippen LogP contribution in [0.25, 0.3) is 0 Å². The molecule has 1 atom stereocenters. The van der Waals surface area contributed by atoms with E-state index >= 15 is 0 Å². The molecule has 0 spiro atoms. The number of nitrogens with zero attached hydrogens (tertiary/aromatic N) is 6. The van der Waals surface area contributed by atoms with Gasteiger partial charge in [0, 0.05) is 43.7 Å². The molecule has 0 amide bonds. The van der Waals surface area contributed by atoms with Gasteiger partial charge in [0.25, 0.3) is 0 Å². The van der Waals surface area contributed by atoms with Crippen LogP contribution in [0.5, 0.6) is 0 Å². The van der Waals surface area contributed by atoms with Crippen LogP contribution in [-0.4, -0.2) is 38.0 Å². The zero-order chi connectivity index (χ0) is 17.9. The fourth-order valence-corrected chi connectivity index (χ4v) is 3.24. The van der Waals surface area contributed by atoms with Crippen LogP contribution in [-0.2, 0) is 0 Å². The number of anilines is 3. The van der Waals surface area contributed by atoms with Gasteiger partial charge in [-0.15, -0.1) is 0 Å². The molecule has 26 heavy (non-hydrogen) atoms. The summed E-state index contributed by atoms with van der Waals surface area (Å²) < 4.78 is 0. The Labute approximate surface area is 152 Å². The maximum Gasteiger partial charge on any atom is 0.225 e. The highest BCUT2D eigenvalue weighted by molar-refractivity contribution is 5.55. The number of hydrogen-bond acceptors (Lipinski definition) is 7. The topological polar surface area (TPSA) is 79.7 Å². The number of nitrogens with one attached hydrogen (secondary N) is 1. The van der Waals surface area contributed by atoms with Gasteiger partial charge < -0.3 is 10.2 Å². The van der Waals surface area contributed by atoms with Crippen LogP contribution in [0.15, 0.2) is 42.9 Å². The SMILES string of the molecule is Cc1nc(Nc2ncccc2C)cc([C@H]2CCN(c3ncccn3)C2)n1. The summed E-state index contributed by atoms with van der Waals surface area (Å²) in [5.74, 6) is 3.48. The van der Waals surface area contributed by atoms with Crippen LogP contribution in [0.3, 0.4) is 0 Å². The molecule has 3 aromatic heterocycles. The standard InChI is InChI=1S/C19H21N7/c1-13-5-3-7-20-18(13)25-17-11-16(23-14(2)24-17)15-6-10-26(12-15)19-21-8-4-9-22-19/h3-5,7-9,11,15H,6,10,12H2,1-2H3,(H,20,23,24,25)/t15-/m0/s1. The lowest BCUT2D eigenvalue weighted by molar-refractivity contribution is 0.732. The van der Waals surface area contributed by atoms with Gasteiger partial charge in [-0.1, -0.05) is 6.07 Å². The van der Waals surface area contributed by atoms with Crippen LogP contribution in [0.1, 0.15) is 29.4 Å². The Bertz CT molecular complexity index is 897. The molecule has 132 valence electrons. The van der Waals surface area contributed by atoms with Crippen molar-refractivity contribution in [3.63, 3.8) is 0 Å². The monoisotopic (exact) mass is 347 g/mol. The Balaban J connectivity index is 1.54. The van der Waals surface area contributed by atoms with E-state index in [2.05, 4.69) is 35.1 Å². The second kappa shape index (κ2) is 7.03. The zero-order valence-corrected chi connectivity index (χ0v) is 14.9. The minimum absolute atomic E-state index is 0.339. The molecule has 0 radical (unpaired) electrons. The van der Waals surface area contributed by atoms with Crippen molar-refractivity contribution in [2.45, 2.75) is 26.2 Å². The fraction of sp³-hybridized carbons (Fsp3) is 0.316. The van der Waals surface area contributed by atoms with Crippen molar-refractivity contribution in [1.82, 2.24) is 24.9 Å². The summed E-state index contributed by atoms with van der Waals surface area (Å²) in [4.78, 5) is 24.5. The van der Waals surface area contributed by atoms with Gasteiger partial charge in [-0.3, -0.25) is 0 Å². The lowest BCUT2D eigenvalue weighted by Crippen LogP contribution is -2.21. The van der Waals surface area contributed by atoms with E-state index in [1.807, 2.05) is 38.1 Å². The van der Waals surface area contributed by atoms with Gasteiger partial charge in [-0.2, -0.15) is 0 Å². The van der Waals surface area contributed by atoms with Crippen molar-refractivity contribution in [3.05, 3.63) is 59.9 Å². The largest absolute Gasteiger partial charge is 0.340 e. The predicted octanol–water partition coefficient (Wildman–Crippen LogP) is 3.02. The molecule has 0 saturated carbocycles. The summed E-state index contributed by atoms with van der Waals surface area (Å²) in [7, 11) is 0. The van der Waals surface area contributed by atoms with Crippen LogP contribution >= 0.6 is 0 Å². The van der Waals surface area contributed by atoms with E-state index in [1.165, 1.54) is 0 Å². The zero-order valence-electron chi connectivity index (χ0n) is 14.9. The first-order chi connectivity index (χ1) is 12.7. The van der Waals surface area contributed by atoms with Crippen molar-refractivity contribution in [2.75, 3.05) is 23.3 Å². The maximum atomic E-state index is 4.67. The highest BCUT2D eigenvalue weighted by Crippen LogP contribution is 2.29. The van der Waals surface area contributed by atoms with Crippen molar-refractivity contribution >= 4 is 17.6 Å². The van der Waals surface area contributed by atoms with Crippen LogP contribution < -0.4 is 10.2 Å². The number of rotatable bonds is 4. The second-order valence-electron chi connectivity index (χ2n) is 6.50.